The minimum absolute atomic E-state index is 0.268. The Morgan fingerprint density at radius 1 is 1.17 bits per heavy atom. The van der Waals surface area contributed by atoms with Gasteiger partial charge in [-0.05, 0) is 31.2 Å². The second kappa shape index (κ2) is 6.80. The highest BCUT2D eigenvalue weighted by Crippen LogP contribution is 2.22. The van der Waals surface area contributed by atoms with Crippen molar-refractivity contribution in [3.8, 4) is 11.4 Å². The van der Waals surface area contributed by atoms with Gasteiger partial charge in [0.15, 0.2) is 0 Å². The van der Waals surface area contributed by atoms with Crippen LogP contribution in [0.2, 0.25) is 5.02 Å². The molecule has 0 saturated carbocycles. The summed E-state index contributed by atoms with van der Waals surface area (Å²) in [7, 11) is 0. The van der Waals surface area contributed by atoms with Crippen LogP contribution >= 0.6 is 11.6 Å². The summed E-state index contributed by atoms with van der Waals surface area (Å²) in [5, 5.41) is 15.5. The minimum Gasteiger partial charge on any atom is -0.323 e. The predicted molar refractivity (Wildman–Crippen MR) is 92.8 cm³/mol. The number of tetrazole rings is 1. The second-order valence-corrected chi connectivity index (χ2v) is 5.85. The first-order chi connectivity index (χ1) is 11.5. The molecule has 3 aromatic rings. The lowest BCUT2D eigenvalue weighted by Gasteiger charge is -2.11. The number of hydrogen-bond acceptors (Lipinski definition) is 4. The molecule has 0 radical (unpaired) electrons. The van der Waals surface area contributed by atoms with Crippen molar-refractivity contribution in [1.82, 2.24) is 20.2 Å². The number of rotatable bonds is 4. The number of carbonyl (C=O) groups excluding carboxylic acids is 1. The number of amides is 1. The van der Waals surface area contributed by atoms with Crippen molar-refractivity contribution in [2.75, 3.05) is 5.32 Å². The molecule has 2 aromatic carbocycles. The highest BCUT2D eigenvalue weighted by Gasteiger charge is 2.19. The number of aromatic nitrogens is 4. The molecule has 0 saturated heterocycles. The molecule has 1 heterocycles. The Hall–Kier alpha value is -2.73. The molecule has 122 valence electrons. The van der Waals surface area contributed by atoms with Gasteiger partial charge in [-0.25, -0.2) is 0 Å². The van der Waals surface area contributed by atoms with Gasteiger partial charge in [-0.15, -0.1) is 10.2 Å². The van der Waals surface area contributed by atoms with E-state index in [4.69, 9.17) is 11.6 Å². The average Bonchev–Trinajstić information content (AvgIpc) is 3.07. The molecule has 1 amide bonds. The van der Waals surface area contributed by atoms with E-state index in [2.05, 4.69) is 20.7 Å². The highest BCUT2D eigenvalue weighted by molar-refractivity contribution is 6.33. The fourth-order valence-corrected chi connectivity index (χ4v) is 2.30. The van der Waals surface area contributed by atoms with Gasteiger partial charge in [0, 0.05) is 5.56 Å². The highest BCUT2D eigenvalue weighted by atomic mass is 35.5. The Balaban J connectivity index is 1.75. The number of carbonyl (C=O) groups is 1. The third kappa shape index (κ3) is 3.44. The molecular weight excluding hydrogens is 326 g/mol. The lowest BCUT2D eigenvalue weighted by molar-refractivity contribution is -0.119. The van der Waals surface area contributed by atoms with Gasteiger partial charge in [-0.3, -0.25) is 4.79 Å². The maximum absolute atomic E-state index is 12.4. The van der Waals surface area contributed by atoms with Gasteiger partial charge in [0.05, 0.1) is 10.7 Å². The first-order valence-electron chi connectivity index (χ1n) is 7.46. The molecule has 0 aliphatic heterocycles. The zero-order valence-corrected chi connectivity index (χ0v) is 14.0. The molecular formula is C17H16ClN5O. The zero-order chi connectivity index (χ0) is 17.1. The topological polar surface area (TPSA) is 72.7 Å². The molecule has 24 heavy (non-hydrogen) atoms. The maximum atomic E-state index is 12.4. The largest absolute Gasteiger partial charge is 0.323 e. The number of benzene rings is 2. The van der Waals surface area contributed by atoms with E-state index >= 15 is 0 Å². The Labute approximate surface area is 144 Å². The first-order valence-corrected chi connectivity index (χ1v) is 7.84. The molecule has 1 unspecified atom stereocenters. The van der Waals surface area contributed by atoms with Crippen LogP contribution in [0.25, 0.3) is 11.4 Å². The third-order valence-corrected chi connectivity index (χ3v) is 3.93. The number of anilines is 1. The molecule has 0 bridgehead atoms. The molecule has 6 nitrogen and oxygen atoms in total. The van der Waals surface area contributed by atoms with Crippen molar-refractivity contribution >= 4 is 23.2 Å². The smallest absolute Gasteiger partial charge is 0.250 e. The first kappa shape index (κ1) is 16.1. The van der Waals surface area contributed by atoms with E-state index in [9.17, 15) is 4.79 Å². The van der Waals surface area contributed by atoms with E-state index in [0.717, 1.165) is 11.1 Å². The summed E-state index contributed by atoms with van der Waals surface area (Å²) in [4.78, 5) is 13.7. The van der Waals surface area contributed by atoms with Crippen molar-refractivity contribution in [2.24, 2.45) is 0 Å². The summed E-state index contributed by atoms with van der Waals surface area (Å²) < 4.78 is 0. The van der Waals surface area contributed by atoms with Crippen molar-refractivity contribution in [3.05, 3.63) is 59.1 Å². The molecule has 0 aliphatic carbocycles. The zero-order valence-electron chi connectivity index (χ0n) is 13.3. The fraction of sp³-hybridized carbons (Fsp3) is 0.176. The lowest BCUT2D eigenvalue weighted by atomic mass is 10.1. The molecule has 3 rings (SSSR count). The maximum Gasteiger partial charge on any atom is 0.250 e. The van der Waals surface area contributed by atoms with Crippen LogP contribution < -0.4 is 5.32 Å². The molecule has 1 aromatic heterocycles. The van der Waals surface area contributed by atoms with Crippen molar-refractivity contribution in [1.29, 1.82) is 0 Å². The summed E-state index contributed by atoms with van der Waals surface area (Å²) in [5.41, 5.74) is 2.55. The van der Waals surface area contributed by atoms with Crippen LogP contribution in [0.15, 0.2) is 48.5 Å². The summed E-state index contributed by atoms with van der Waals surface area (Å²) in [6, 6.07) is 14.2. The van der Waals surface area contributed by atoms with E-state index < -0.39 is 6.04 Å². The Kier molecular flexibility index (Phi) is 4.57. The molecule has 1 atom stereocenters. The number of aryl methyl sites for hydroxylation is 1. The quantitative estimate of drug-likeness (QED) is 0.788. The van der Waals surface area contributed by atoms with Crippen molar-refractivity contribution in [2.45, 2.75) is 19.9 Å². The van der Waals surface area contributed by atoms with E-state index in [-0.39, 0.29) is 5.91 Å². The van der Waals surface area contributed by atoms with Gasteiger partial charge in [0.1, 0.15) is 6.04 Å². The van der Waals surface area contributed by atoms with Crippen LogP contribution in [0.4, 0.5) is 5.69 Å². The second-order valence-electron chi connectivity index (χ2n) is 5.44. The lowest BCUT2D eigenvalue weighted by Crippen LogP contribution is -2.25. The normalized spacial score (nSPS) is 12.0. The van der Waals surface area contributed by atoms with Crippen LogP contribution in [0.5, 0.6) is 0 Å². The molecule has 0 aliphatic rings. The fourth-order valence-electron chi connectivity index (χ4n) is 2.11. The van der Waals surface area contributed by atoms with Gasteiger partial charge in [-0.2, -0.15) is 4.80 Å². The van der Waals surface area contributed by atoms with Gasteiger partial charge >= 0.3 is 0 Å². The Bertz CT molecular complexity index is 859. The molecule has 7 heteroatoms. The standard InChI is InChI=1S/C17H16ClN5O/c1-11-7-9-13(10-8-11)16-20-22-23(21-16)12(2)17(24)19-15-6-4-3-5-14(15)18/h3-10,12H,1-2H3,(H,19,24). The van der Waals surface area contributed by atoms with E-state index in [1.54, 1.807) is 31.2 Å². The van der Waals surface area contributed by atoms with Crippen LogP contribution in [-0.2, 0) is 4.79 Å². The summed E-state index contributed by atoms with van der Waals surface area (Å²) in [6.45, 7) is 3.71. The summed E-state index contributed by atoms with van der Waals surface area (Å²) in [5.74, 6) is 0.211. The number of hydrogen-bond donors (Lipinski definition) is 1. The van der Waals surface area contributed by atoms with Crippen LogP contribution in [0.1, 0.15) is 18.5 Å². The van der Waals surface area contributed by atoms with Crippen LogP contribution in [0, 0.1) is 6.92 Å². The van der Waals surface area contributed by atoms with Crippen molar-refractivity contribution in [3.63, 3.8) is 0 Å². The van der Waals surface area contributed by atoms with E-state index in [1.807, 2.05) is 31.2 Å². The molecule has 0 spiro atoms. The Morgan fingerprint density at radius 2 is 1.88 bits per heavy atom. The van der Waals surface area contributed by atoms with Gasteiger partial charge in [-0.1, -0.05) is 53.6 Å². The monoisotopic (exact) mass is 341 g/mol. The molecule has 0 fully saturated rings. The minimum atomic E-state index is -0.618. The number of nitrogens with zero attached hydrogens (tertiary/aromatic N) is 4. The van der Waals surface area contributed by atoms with Gasteiger partial charge in [0.2, 0.25) is 5.82 Å². The predicted octanol–water partition coefficient (Wildman–Crippen LogP) is 3.50. The van der Waals surface area contributed by atoms with E-state index in [0.29, 0.717) is 16.5 Å². The summed E-state index contributed by atoms with van der Waals surface area (Å²) >= 11 is 6.05. The number of para-hydroxylation sites is 1. The van der Waals surface area contributed by atoms with Crippen molar-refractivity contribution < 1.29 is 4.79 Å². The van der Waals surface area contributed by atoms with Crippen LogP contribution in [-0.4, -0.2) is 26.1 Å². The van der Waals surface area contributed by atoms with Gasteiger partial charge in [0.25, 0.3) is 5.91 Å². The number of nitrogens with one attached hydrogen (secondary N) is 1. The summed E-state index contributed by atoms with van der Waals surface area (Å²) in [6.07, 6.45) is 0. The van der Waals surface area contributed by atoms with Gasteiger partial charge < -0.3 is 5.32 Å². The third-order valence-electron chi connectivity index (χ3n) is 3.60. The number of halogens is 1. The molecule has 1 N–H and O–H groups in total. The van der Waals surface area contributed by atoms with E-state index in [1.165, 1.54) is 4.80 Å². The Morgan fingerprint density at radius 3 is 2.58 bits per heavy atom. The average molecular weight is 342 g/mol. The van der Waals surface area contributed by atoms with Crippen LogP contribution in [0.3, 0.4) is 0 Å². The SMILES string of the molecule is Cc1ccc(-c2nnn(C(C)C(=O)Nc3ccccc3Cl)n2)cc1.